The number of halogens is 1. The van der Waals surface area contributed by atoms with Crippen molar-refractivity contribution in [3.8, 4) is 0 Å². The van der Waals surface area contributed by atoms with Crippen molar-refractivity contribution in [1.29, 1.82) is 0 Å². The average Bonchev–Trinajstić information content (AvgIpc) is 2.63. The molecule has 1 aliphatic heterocycles. The molecular weight excluding hydrogens is 205 g/mol. The molecule has 1 amide bonds. The number of nitrogens with one attached hydrogen (secondary N) is 1. The zero-order chi connectivity index (χ0) is 11.2. The normalized spacial score (nSPS) is 27.9. The fourth-order valence-electron chi connectivity index (χ4n) is 3.10. The van der Waals surface area contributed by atoms with E-state index >= 15 is 0 Å². The molecule has 0 saturated carbocycles. The van der Waals surface area contributed by atoms with E-state index in [0.717, 1.165) is 43.4 Å². The Bertz CT molecular complexity index is 457. The maximum atomic E-state index is 13.3. The molecule has 16 heavy (non-hydrogen) atoms. The predicted molar refractivity (Wildman–Crippen MR) is 58.6 cm³/mol. The van der Waals surface area contributed by atoms with Gasteiger partial charge in [0.05, 0.1) is 5.41 Å². The van der Waals surface area contributed by atoms with E-state index in [0.29, 0.717) is 0 Å². The van der Waals surface area contributed by atoms with Gasteiger partial charge in [-0.25, -0.2) is 4.39 Å². The molecule has 1 N–H and O–H groups in total. The van der Waals surface area contributed by atoms with Crippen LogP contribution in [0.25, 0.3) is 0 Å². The number of rotatable bonds is 0. The predicted octanol–water partition coefficient (Wildman–Crippen LogP) is 1.92. The van der Waals surface area contributed by atoms with Crippen LogP contribution in [0, 0.1) is 5.82 Å². The van der Waals surface area contributed by atoms with Crippen LogP contribution < -0.4 is 5.32 Å². The zero-order valence-corrected chi connectivity index (χ0v) is 9.05. The van der Waals surface area contributed by atoms with Crippen molar-refractivity contribution < 1.29 is 9.18 Å². The average molecular weight is 219 g/mol. The lowest BCUT2D eigenvalue weighted by molar-refractivity contribution is -0.124. The van der Waals surface area contributed by atoms with Crippen LogP contribution in [-0.2, 0) is 16.6 Å². The second kappa shape index (κ2) is 3.30. The Hall–Kier alpha value is -1.38. The summed E-state index contributed by atoms with van der Waals surface area (Å²) in [5, 5.41) is 2.88. The highest BCUT2D eigenvalue weighted by molar-refractivity contribution is 5.91. The van der Waals surface area contributed by atoms with Crippen LogP contribution in [0.3, 0.4) is 0 Å². The topological polar surface area (TPSA) is 29.1 Å². The minimum atomic E-state index is -0.435. The molecule has 2 aliphatic rings. The highest BCUT2D eigenvalue weighted by Gasteiger charge is 2.46. The van der Waals surface area contributed by atoms with Gasteiger partial charge < -0.3 is 5.32 Å². The molecule has 3 heteroatoms. The summed E-state index contributed by atoms with van der Waals surface area (Å²) in [4.78, 5) is 12.0. The van der Waals surface area contributed by atoms with E-state index in [2.05, 4.69) is 5.32 Å². The first-order chi connectivity index (χ1) is 7.72. The summed E-state index contributed by atoms with van der Waals surface area (Å²) >= 11 is 0. The lowest BCUT2D eigenvalue weighted by Gasteiger charge is -2.33. The molecule has 1 heterocycles. The van der Waals surface area contributed by atoms with Gasteiger partial charge in [0, 0.05) is 6.54 Å². The Morgan fingerprint density at radius 2 is 2.19 bits per heavy atom. The SMILES string of the molecule is O=C1NCCC12CCCc1ccc(F)cc12. The third-order valence-electron chi connectivity index (χ3n) is 3.91. The zero-order valence-electron chi connectivity index (χ0n) is 9.05. The van der Waals surface area contributed by atoms with Crippen LogP contribution in [-0.4, -0.2) is 12.5 Å². The van der Waals surface area contributed by atoms with Crippen LogP contribution >= 0.6 is 0 Å². The lowest BCUT2D eigenvalue weighted by Crippen LogP contribution is -2.38. The third-order valence-corrected chi connectivity index (χ3v) is 3.91. The number of hydrogen-bond donors (Lipinski definition) is 1. The highest BCUT2D eigenvalue weighted by atomic mass is 19.1. The van der Waals surface area contributed by atoms with Gasteiger partial charge in [-0.15, -0.1) is 0 Å². The van der Waals surface area contributed by atoms with Gasteiger partial charge in [0.2, 0.25) is 5.91 Å². The van der Waals surface area contributed by atoms with Gasteiger partial charge in [0.15, 0.2) is 0 Å². The molecule has 1 spiro atoms. The van der Waals surface area contributed by atoms with Crippen LogP contribution in [0.15, 0.2) is 18.2 Å². The molecule has 84 valence electrons. The summed E-state index contributed by atoms with van der Waals surface area (Å²) in [6.07, 6.45) is 3.65. The molecule has 1 atom stereocenters. The van der Waals surface area contributed by atoms with Gasteiger partial charge in [-0.05, 0) is 48.9 Å². The van der Waals surface area contributed by atoms with E-state index in [4.69, 9.17) is 0 Å². The maximum absolute atomic E-state index is 13.3. The van der Waals surface area contributed by atoms with E-state index in [1.165, 1.54) is 6.07 Å². The van der Waals surface area contributed by atoms with Crippen LogP contribution in [0.1, 0.15) is 30.4 Å². The van der Waals surface area contributed by atoms with E-state index in [-0.39, 0.29) is 11.7 Å². The van der Waals surface area contributed by atoms with Crippen molar-refractivity contribution in [1.82, 2.24) is 5.32 Å². The summed E-state index contributed by atoms with van der Waals surface area (Å²) in [5.41, 5.74) is 1.63. The van der Waals surface area contributed by atoms with Gasteiger partial charge in [-0.1, -0.05) is 6.07 Å². The van der Waals surface area contributed by atoms with E-state index in [1.54, 1.807) is 6.07 Å². The van der Waals surface area contributed by atoms with Crippen molar-refractivity contribution in [2.45, 2.75) is 31.1 Å². The minimum Gasteiger partial charge on any atom is -0.355 e. The molecule has 1 aromatic carbocycles. The number of fused-ring (bicyclic) bond motifs is 2. The van der Waals surface area contributed by atoms with E-state index < -0.39 is 5.41 Å². The lowest BCUT2D eigenvalue weighted by atomic mass is 9.69. The van der Waals surface area contributed by atoms with Crippen LogP contribution in [0.5, 0.6) is 0 Å². The quantitative estimate of drug-likeness (QED) is 0.709. The van der Waals surface area contributed by atoms with Gasteiger partial charge in [-0.3, -0.25) is 4.79 Å². The Morgan fingerprint density at radius 3 is 2.94 bits per heavy atom. The van der Waals surface area contributed by atoms with Crippen molar-refractivity contribution in [2.75, 3.05) is 6.54 Å². The number of amides is 1. The summed E-state index contributed by atoms with van der Waals surface area (Å²) < 4.78 is 13.3. The maximum Gasteiger partial charge on any atom is 0.230 e. The monoisotopic (exact) mass is 219 g/mol. The number of aryl methyl sites for hydroxylation is 1. The molecule has 1 fully saturated rings. The third kappa shape index (κ3) is 1.20. The van der Waals surface area contributed by atoms with Crippen molar-refractivity contribution in [3.63, 3.8) is 0 Å². The fourth-order valence-corrected chi connectivity index (χ4v) is 3.10. The number of benzene rings is 1. The van der Waals surface area contributed by atoms with Crippen molar-refractivity contribution >= 4 is 5.91 Å². The Kier molecular flexibility index (Phi) is 2.03. The van der Waals surface area contributed by atoms with Gasteiger partial charge in [0.1, 0.15) is 5.82 Å². The highest BCUT2D eigenvalue weighted by Crippen LogP contribution is 2.42. The molecule has 0 aromatic heterocycles. The number of hydrogen-bond acceptors (Lipinski definition) is 1. The summed E-state index contributed by atoms with van der Waals surface area (Å²) in [6.45, 7) is 0.717. The van der Waals surface area contributed by atoms with E-state index in [1.807, 2.05) is 6.07 Å². The first kappa shape index (κ1) is 9.82. The number of carbonyl (C=O) groups excluding carboxylic acids is 1. The largest absolute Gasteiger partial charge is 0.355 e. The smallest absolute Gasteiger partial charge is 0.230 e. The molecule has 1 aliphatic carbocycles. The molecule has 1 saturated heterocycles. The minimum absolute atomic E-state index is 0.0825. The van der Waals surface area contributed by atoms with Gasteiger partial charge in [-0.2, -0.15) is 0 Å². The Morgan fingerprint density at radius 1 is 1.31 bits per heavy atom. The summed E-state index contributed by atoms with van der Waals surface area (Å²) in [5.74, 6) is -0.154. The Labute approximate surface area is 93.9 Å². The van der Waals surface area contributed by atoms with Crippen LogP contribution in [0.4, 0.5) is 4.39 Å². The molecular formula is C13H14FNO. The van der Waals surface area contributed by atoms with Crippen molar-refractivity contribution in [3.05, 3.63) is 35.1 Å². The second-order valence-electron chi connectivity index (χ2n) is 4.74. The number of carbonyl (C=O) groups is 1. The summed E-state index contributed by atoms with van der Waals surface area (Å²) in [6, 6.07) is 4.88. The molecule has 0 radical (unpaired) electrons. The molecule has 3 rings (SSSR count). The van der Waals surface area contributed by atoms with E-state index in [9.17, 15) is 9.18 Å². The molecule has 1 unspecified atom stereocenters. The van der Waals surface area contributed by atoms with Gasteiger partial charge in [0.25, 0.3) is 0 Å². The second-order valence-corrected chi connectivity index (χ2v) is 4.74. The molecule has 2 nitrogen and oxygen atoms in total. The molecule has 1 aromatic rings. The first-order valence-electron chi connectivity index (χ1n) is 5.80. The van der Waals surface area contributed by atoms with Gasteiger partial charge >= 0.3 is 0 Å². The first-order valence-corrected chi connectivity index (χ1v) is 5.80. The van der Waals surface area contributed by atoms with Crippen LogP contribution in [0.2, 0.25) is 0 Å². The fraction of sp³-hybridized carbons (Fsp3) is 0.462. The summed E-state index contributed by atoms with van der Waals surface area (Å²) in [7, 11) is 0. The molecule has 0 bridgehead atoms. The Balaban J connectivity index is 2.18. The standard InChI is InChI=1S/C13H14FNO/c14-10-4-3-9-2-1-5-13(11(9)8-10)6-7-15-12(13)16/h3-4,8H,1-2,5-7H2,(H,15,16). The van der Waals surface area contributed by atoms with Crippen molar-refractivity contribution in [2.24, 2.45) is 0 Å².